The Hall–Kier alpha value is -3.71. The van der Waals surface area contributed by atoms with Gasteiger partial charge in [-0.1, -0.05) is 66.2 Å². The molecule has 3 aromatic carbocycles. The third kappa shape index (κ3) is 5.90. The molecule has 0 saturated heterocycles. The fourth-order valence-corrected chi connectivity index (χ4v) is 3.12. The Kier molecular flexibility index (Phi) is 7.35. The highest BCUT2D eigenvalue weighted by Crippen LogP contribution is 2.20. The van der Waals surface area contributed by atoms with Crippen LogP contribution in [0.2, 0.25) is 5.02 Å². The molecule has 0 heterocycles. The predicted octanol–water partition coefficient (Wildman–Crippen LogP) is 3.80. The molecule has 31 heavy (non-hydrogen) atoms. The molecule has 0 aromatic heterocycles. The molecule has 0 bridgehead atoms. The average Bonchev–Trinajstić information content (AvgIpc) is 2.78. The third-order valence-corrected chi connectivity index (χ3v) is 4.78. The maximum absolute atomic E-state index is 13.7. The molecule has 0 spiro atoms. The van der Waals surface area contributed by atoms with Gasteiger partial charge in [0.05, 0.1) is 28.6 Å². The molecule has 0 unspecified atom stereocenters. The number of amides is 3. The Bertz CT molecular complexity index is 1090. The molecule has 3 rings (SSSR count). The van der Waals surface area contributed by atoms with Gasteiger partial charge < -0.3 is 5.32 Å². The van der Waals surface area contributed by atoms with Crippen molar-refractivity contribution in [3.63, 3.8) is 0 Å². The molecule has 8 heteroatoms. The number of hydrazine groups is 1. The molecule has 0 saturated carbocycles. The SMILES string of the molecule is O=C(C[C@@H](NC(=O)c1ccccc1Cl)c1ccccc1)NNC(=O)c1ccccc1F. The summed E-state index contributed by atoms with van der Waals surface area (Å²) in [5, 5.41) is 3.08. The van der Waals surface area contributed by atoms with Crippen molar-refractivity contribution in [2.75, 3.05) is 0 Å². The highest BCUT2D eigenvalue weighted by atomic mass is 35.5. The molecule has 0 aliphatic rings. The van der Waals surface area contributed by atoms with E-state index < -0.39 is 29.6 Å². The molecular weight excluding hydrogens is 421 g/mol. The molecule has 3 aromatic rings. The Morgan fingerprint density at radius 1 is 0.774 bits per heavy atom. The molecule has 0 fully saturated rings. The Morgan fingerprint density at radius 2 is 1.39 bits per heavy atom. The van der Waals surface area contributed by atoms with E-state index in [1.165, 1.54) is 18.2 Å². The highest BCUT2D eigenvalue weighted by Gasteiger charge is 2.21. The molecule has 0 radical (unpaired) electrons. The summed E-state index contributed by atoms with van der Waals surface area (Å²) in [4.78, 5) is 37.2. The number of rotatable bonds is 6. The van der Waals surface area contributed by atoms with Crippen LogP contribution in [-0.4, -0.2) is 17.7 Å². The van der Waals surface area contributed by atoms with Gasteiger partial charge in [0.2, 0.25) is 5.91 Å². The van der Waals surface area contributed by atoms with E-state index in [0.29, 0.717) is 5.56 Å². The molecule has 0 aliphatic carbocycles. The lowest BCUT2D eigenvalue weighted by Crippen LogP contribution is -2.43. The molecule has 6 nitrogen and oxygen atoms in total. The van der Waals surface area contributed by atoms with E-state index in [0.717, 1.165) is 6.07 Å². The average molecular weight is 440 g/mol. The minimum absolute atomic E-state index is 0.169. The first kappa shape index (κ1) is 22.0. The van der Waals surface area contributed by atoms with Crippen molar-refractivity contribution in [3.05, 3.63) is 106 Å². The van der Waals surface area contributed by atoms with Crippen LogP contribution in [0.15, 0.2) is 78.9 Å². The lowest BCUT2D eigenvalue weighted by molar-refractivity contribution is -0.122. The van der Waals surface area contributed by atoms with Crippen LogP contribution in [0.3, 0.4) is 0 Å². The second-order valence-corrected chi connectivity index (χ2v) is 7.01. The van der Waals surface area contributed by atoms with E-state index in [1.54, 1.807) is 48.5 Å². The van der Waals surface area contributed by atoms with Gasteiger partial charge in [0.25, 0.3) is 11.8 Å². The van der Waals surface area contributed by atoms with Crippen LogP contribution < -0.4 is 16.2 Å². The van der Waals surface area contributed by atoms with Gasteiger partial charge >= 0.3 is 0 Å². The molecule has 158 valence electrons. The van der Waals surface area contributed by atoms with Crippen LogP contribution in [-0.2, 0) is 4.79 Å². The number of halogens is 2. The van der Waals surface area contributed by atoms with Crippen LogP contribution in [0, 0.1) is 5.82 Å². The van der Waals surface area contributed by atoms with E-state index in [9.17, 15) is 18.8 Å². The Morgan fingerprint density at radius 3 is 2.06 bits per heavy atom. The van der Waals surface area contributed by atoms with E-state index in [1.807, 2.05) is 6.07 Å². The molecule has 3 N–H and O–H groups in total. The number of hydrogen-bond acceptors (Lipinski definition) is 3. The van der Waals surface area contributed by atoms with Crippen molar-refractivity contribution in [3.8, 4) is 0 Å². The summed E-state index contributed by atoms with van der Waals surface area (Å²) in [5.41, 5.74) is 5.20. The predicted molar refractivity (Wildman–Crippen MR) is 115 cm³/mol. The fraction of sp³-hybridized carbons (Fsp3) is 0.0870. The zero-order chi connectivity index (χ0) is 22.2. The van der Waals surface area contributed by atoms with E-state index in [4.69, 9.17) is 11.6 Å². The zero-order valence-electron chi connectivity index (χ0n) is 16.3. The molecule has 0 aliphatic heterocycles. The summed E-state index contributed by atoms with van der Waals surface area (Å²) in [6, 6.07) is 20.2. The highest BCUT2D eigenvalue weighted by molar-refractivity contribution is 6.33. The van der Waals surface area contributed by atoms with Crippen LogP contribution in [0.1, 0.15) is 38.7 Å². The summed E-state index contributed by atoms with van der Waals surface area (Å²) in [5.74, 6) is -2.51. The van der Waals surface area contributed by atoms with Crippen molar-refractivity contribution in [1.82, 2.24) is 16.2 Å². The minimum Gasteiger partial charge on any atom is -0.345 e. The van der Waals surface area contributed by atoms with Gasteiger partial charge in [-0.05, 0) is 29.8 Å². The molecular formula is C23H19ClFN3O3. The Balaban J connectivity index is 1.68. The van der Waals surface area contributed by atoms with Crippen molar-refractivity contribution in [2.24, 2.45) is 0 Å². The number of nitrogens with one attached hydrogen (secondary N) is 3. The maximum Gasteiger partial charge on any atom is 0.272 e. The van der Waals surface area contributed by atoms with Gasteiger partial charge in [0.15, 0.2) is 0 Å². The minimum atomic E-state index is -0.789. The van der Waals surface area contributed by atoms with Gasteiger partial charge in [-0.2, -0.15) is 0 Å². The summed E-state index contributed by atoms with van der Waals surface area (Å²) < 4.78 is 13.7. The van der Waals surface area contributed by atoms with Crippen molar-refractivity contribution in [2.45, 2.75) is 12.5 Å². The van der Waals surface area contributed by atoms with Crippen molar-refractivity contribution < 1.29 is 18.8 Å². The number of carbonyl (C=O) groups excluding carboxylic acids is 3. The normalized spacial score (nSPS) is 11.3. The molecule has 3 amide bonds. The van der Waals surface area contributed by atoms with Crippen LogP contribution >= 0.6 is 11.6 Å². The fourth-order valence-electron chi connectivity index (χ4n) is 2.89. The number of carbonyl (C=O) groups is 3. The van der Waals surface area contributed by atoms with Crippen molar-refractivity contribution >= 4 is 29.3 Å². The largest absolute Gasteiger partial charge is 0.345 e. The Labute approximate surface area is 183 Å². The second-order valence-electron chi connectivity index (χ2n) is 6.60. The standard InChI is InChI=1S/C23H19ClFN3O3/c24-18-12-6-4-10-16(18)22(30)26-20(15-8-2-1-3-9-15)14-21(29)27-28-23(31)17-11-5-7-13-19(17)25/h1-13,20H,14H2,(H,26,30)(H,27,29)(H,28,31)/t20-/m1/s1. The number of hydrogen-bond donors (Lipinski definition) is 3. The van der Waals surface area contributed by atoms with Gasteiger partial charge in [-0.15, -0.1) is 0 Å². The lowest BCUT2D eigenvalue weighted by atomic mass is 10.0. The quantitative estimate of drug-likeness (QED) is 0.510. The topological polar surface area (TPSA) is 87.3 Å². The number of benzene rings is 3. The monoisotopic (exact) mass is 439 g/mol. The lowest BCUT2D eigenvalue weighted by Gasteiger charge is -2.19. The van der Waals surface area contributed by atoms with Crippen LogP contribution in [0.5, 0.6) is 0 Å². The summed E-state index contributed by atoms with van der Waals surface area (Å²) >= 11 is 6.09. The maximum atomic E-state index is 13.7. The third-order valence-electron chi connectivity index (χ3n) is 4.45. The van der Waals surface area contributed by atoms with Crippen LogP contribution in [0.4, 0.5) is 4.39 Å². The smallest absolute Gasteiger partial charge is 0.272 e. The van der Waals surface area contributed by atoms with Crippen molar-refractivity contribution in [1.29, 1.82) is 0 Å². The first-order chi connectivity index (χ1) is 15.0. The first-order valence-corrected chi connectivity index (χ1v) is 9.77. The van der Waals surface area contributed by atoms with E-state index in [2.05, 4.69) is 16.2 Å². The van der Waals surface area contributed by atoms with E-state index >= 15 is 0 Å². The van der Waals surface area contributed by atoms with Gasteiger partial charge in [0.1, 0.15) is 5.82 Å². The zero-order valence-corrected chi connectivity index (χ0v) is 17.0. The first-order valence-electron chi connectivity index (χ1n) is 9.39. The molecule has 1 atom stereocenters. The van der Waals surface area contributed by atoms with Gasteiger partial charge in [-0.25, -0.2) is 4.39 Å². The van der Waals surface area contributed by atoms with Crippen LogP contribution in [0.25, 0.3) is 0 Å². The van der Waals surface area contributed by atoms with E-state index in [-0.39, 0.29) is 22.6 Å². The summed E-state index contributed by atoms with van der Waals surface area (Å²) in [6.07, 6.45) is -0.169. The van der Waals surface area contributed by atoms with Gasteiger partial charge in [-0.3, -0.25) is 25.2 Å². The summed E-state index contributed by atoms with van der Waals surface area (Å²) in [7, 11) is 0. The van der Waals surface area contributed by atoms with Gasteiger partial charge in [0, 0.05) is 0 Å². The summed E-state index contributed by atoms with van der Waals surface area (Å²) in [6.45, 7) is 0. The second kappa shape index (κ2) is 10.4.